The maximum Gasteiger partial charge on any atom is 0.167 e. The van der Waals surface area contributed by atoms with Gasteiger partial charge in [-0.15, -0.1) is 0 Å². The Morgan fingerprint density at radius 3 is 2.75 bits per heavy atom. The SMILES string of the molecule is O=C(Cc1cccc(F)c1F)c1ccc2c(c1)COC2. The smallest absolute Gasteiger partial charge is 0.167 e. The fourth-order valence-corrected chi connectivity index (χ4v) is 2.31. The van der Waals surface area contributed by atoms with Crippen molar-refractivity contribution in [1.29, 1.82) is 0 Å². The maximum atomic E-state index is 13.6. The van der Waals surface area contributed by atoms with Gasteiger partial charge in [0.15, 0.2) is 17.4 Å². The summed E-state index contributed by atoms with van der Waals surface area (Å²) in [7, 11) is 0. The van der Waals surface area contributed by atoms with E-state index in [0.717, 1.165) is 17.2 Å². The number of ketones is 1. The van der Waals surface area contributed by atoms with Crippen molar-refractivity contribution in [3.8, 4) is 0 Å². The van der Waals surface area contributed by atoms with Crippen molar-refractivity contribution in [2.75, 3.05) is 0 Å². The lowest BCUT2D eigenvalue weighted by Crippen LogP contribution is -2.06. The van der Waals surface area contributed by atoms with E-state index in [9.17, 15) is 13.6 Å². The predicted octanol–water partition coefficient (Wildman–Crippen LogP) is 3.42. The Morgan fingerprint density at radius 1 is 1.10 bits per heavy atom. The Labute approximate surface area is 115 Å². The van der Waals surface area contributed by atoms with Crippen LogP contribution >= 0.6 is 0 Å². The van der Waals surface area contributed by atoms with Gasteiger partial charge in [-0.3, -0.25) is 4.79 Å². The molecule has 0 bridgehead atoms. The second-order valence-corrected chi connectivity index (χ2v) is 4.79. The third-order valence-electron chi connectivity index (χ3n) is 3.43. The largest absolute Gasteiger partial charge is 0.372 e. The van der Waals surface area contributed by atoms with E-state index >= 15 is 0 Å². The van der Waals surface area contributed by atoms with Gasteiger partial charge in [0.2, 0.25) is 0 Å². The summed E-state index contributed by atoms with van der Waals surface area (Å²) >= 11 is 0. The average molecular weight is 274 g/mol. The Kier molecular flexibility index (Phi) is 3.32. The van der Waals surface area contributed by atoms with E-state index in [4.69, 9.17) is 4.74 Å². The molecule has 2 aromatic carbocycles. The molecule has 0 N–H and O–H groups in total. The number of carbonyl (C=O) groups is 1. The summed E-state index contributed by atoms with van der Waals surface area (Å²) in [6.07, 6.45) is -0.150. The molecular formula is C16H12F2O2. The lowest BCUT2D eigenvalue weighted by atomic mass is 9.99. The maximum absolute atomic E-state index is 13.6. The van der Waals surface area contributed by atoms with Gasteiger partial charge >= 0.3 is 0 Å². The van der Waals surface area contributed by atoms with Crippen molar-refractivity contribution in [3.63, 3.8) is 0 Å². The van der Waals surface area contributed by atoms with Crippen LogP contribution in [-0.4, -0.2) is 5.78 Å². The number of hydrogen-bond acceptors (Lipinski definition) is 2. The number of carbonyl (C=O) groups excluding carboxylic acids is 1. The van der Waals surface area contributed by atoms with E-state index in [-0.39, 0.29) is 17.8 Å². The molecule has 2 nitrogen and oxygen atoms in total. The normalized spacial score (nSPS) is 13.3. The number of rotatable bonds is 3. The van der Waals surface area contributed by atoms with E-state index < -0.39 is 11.6 Å². The fraction of sp³-hybridized carbons (Fsp3) is 0.188. The molecule has 1 aliphatic rings. The highest BCUT2D eigenvalue weighted by molar-refractivity contribution is 5.97. The zero-order valence-electron chi connectivity index (χ0n) is 10.7. The summed E-state index contributed by atoms with van der Waals surface area (Å²) in [5, 5.41) is 0. The van der Waals surface area contributed by atoms with Gasteiger partial charge in [0.05, 0.1) is 13.2 Å². The van der Waals surface area contributed by atoms with Gasteiger partial charge in [-0.2, -0.15) is 0 Å². The molecule has 0 spiro atoms. The minimum Gasteiger partial charge on any atom is -0.372 e. The van der Waals surface area contributed by atoms with E-state index in [1.54, 1.807) is 12.1 Å². The first kappa shape index (κ1) is 12.9. The van der Waals surface area contributed by atoms with Crippen LogP contribution in [0.25, 0.3) is 0 Å². The van der Waals surface area contributed by atoms with E-state index in [1.807, 2.05) is 6.07 Å². The zero-order valence-corrected chi connectivity index (χ0v) is 10.7. The standard InChI is InChI=1S/C16H12F2O2/c17-14-3-1-2-11(16(14)18)7-15(19)10-4-5-12-8-20-9-13(12)6-10/h1-6H,7-9H2. The number of benzene rings is 2. The van der Waals surface area contributed by atoms with Gasteiger partial charge in [0.25, 0.3) is 0 Å². The van der Waals surface area contributed by atoms with E-state index in [0.29, 0.717) is 18.8 Å². The molecule has 3 rings (SSSR count). The third kappa shape index (κ3) is 2.34. The zero-order chi connectivity index (χ0) is 14.1. The molecule has 0 aromatic heterocycles. The highest BCUT2D eigenvalue weighted by Gasteiger charge is 2.16. The Hall–Kier alpha value is -2.07. The quantitative estimate of drug-likeness (QED) is 0.802. The van der Waals surface area contributed by atoms with Gasteiger partial charge in [0, 0.05) is 12.0 Å². The van der Waals surface area contributed by atoms with E-state index in [2.05, 4.69) is 0 Å². The van der Waals surface area contributed by atoms with Gasteiger partial charge in [-0.05, 0) is 28.8 Å². The van der Waals surface area contributed by atoms with Crippen LogP contribution in [0.1, 0.15) is 27.0 Å². The highest BCUT2D eigenvalue weighted by atomic mass is 19.2. The number of hydrogen-bond donors (Lipinski definition) is 0. The monoisotopic (exact) mass is 274 g/mol. The van der Waals surface area contributed by atoms with Crippen LogP contribution in [0.4, 0.5) is 8.78 Å². The molecule has 0 saturated heterocycles. The predicted molar refractivity (Wildman–Crippen MR) is 69.3 cm³/mol. The molecular weight excluding hydrogens is 262 g/mol. The van der Waals surface area contributed by atoms with Crippen molar-refractivity contribution in [2.45, 2.75) is 19.6 Å². The van der Waals surface area contributed by atoms with Gasteiger partial charge in [0.1, 0.15) is 0 Å². The molecule has 1 aliphatic heterocycles. The van der Waals surface area contributed by atoms with Crippen LogP contribution in [0.5, 0.6) is 0 Å². The Morgan fingerprint density at radius 2 is 1.90 bits per heavy atom. The summed E-state index contributed by atoms with van der Waals surface area (Å²) < 4.78 is 31.9. The van der Waals surface area contributed by atoms with Crippen molar-refractivity contribution >= 4 is 5.78 Å². The molecule has 4 heteroatoms. The van der Waals surface area contributed by atoms with Gasteiger partial charge in [-0.1, -0.05) is 24.3 Å². The Balaban J connectivity index is 1.84. The molecule has 0 radical (unpaired) electrons. The average Bonchev–Trinajstić information content (AvgIpc) is 2.91. The minimum atomic E-state index is -0.953. The Bertz CT molecular complexity index is 680. The van der Waals surface area contributed by atoms with Crippen molar-refractivity contribution in [1.82, 2.24) is 0 Å². The molecule has 2 aromatic rings. The molecule has 102 valence electrons. The number of ether oxygens (including phenoxy) is 1. The molecule has 20 heavy (non-hydrogen) atoms. The van der Waals surface area contributed by atoms with Crippen LogP contribution in [-0.2, 0) is 24.4 Å². The summed E-state index contributed by atoms with van der Waals surface area (Å²) in [5.74, 6) is -2.12. The first-order valence-corrected chi connectivity index (χ1v) is 6.31. The summed E-state index contributed by atoms with van der Waals surface area (Å²) in [5.41, 5.74) is 2.62. The third-order valence-corrected chi connectivity index (χ3v) is 3.43. The molecule has 0 amide bonds. The van der Waals surface area contributed by atoms with Gasteiger partial charge in [-0.25, -0.2) is 8.78 Å². The lowest BCUT2D eigenvalue weighted by Gasteiger charge is -2.05. The fourth-order valence-electron chi connectivity index (χ4n) is 2.31. The van der Waals surface area contributed by atoms with Crippen LogP contribution in [0.15, 0.2) is 36.4 Å². The first-order chi connectivity index (χ1) is 9.65. The van der Waals surface area contributed by atoms with E-state index in [1.165, 1.54) is 12.1 Å². The van der Waals surface area contributed by atoms with Crippen LogP contribution in [0, 0.1) is 11.6 Å². The molecule has 0 unspecified atom stereocenters. The lowest BCUT2D eigenvalue weighted by molar-refractivity contribution is 0.0991. The molecule has 0 atom stereocenters. The topological polar surface area (TPSA) is 26.3 Å². The summed E-state index contributed by atoms with van der Waals surface area (Å²) in [4.78, 5) is 12.1. The van der Waals surface area contributed by atoms with Crippen molar-refractivity contribution in [3.05, 3.63) is 70.3 Å². The molecule has 0 saturated carbocycles. The van der Waals surface area contributed by atoms with Crippen LogP contribution < -0.4 is 0 Å². The molecule has 1 heterocycles. The molecule has 0 fully saturated rings. The minimum absolute atomic E-state index is 0.0757. The van der Waals surface area contributed by atoms with Crippen LogP contribution in [0.2, 0.25) is 0 Å². The van der Waals surface area contributed by atoms with Gasteiger partial charge < -0.3 is 4.74 Å². The van der Waals surface area contributed by atoms with Crippen molar-refractivity contribution in [2.24, 2.45) is 0 Å². The highest BCUT2D eigenvalue weighted by Crippen LogP contribution is 2.22. The first-order valence-electron chi connectivity index (χ1n) is 6.31. The van der Waals surface area contributed by atoms with Crippen molar-refractivity contribution < 1.29 is 18.3 Å². The van der Waals surface area contributed by atoms with Crippen LogP contribution in [0.3, 0.4) is 0 Å². The second kappa shape index (κ2) is 5.13. The summed E-state index contributed by atoms with van der Waals surface area (Å²) in [6.45, 7) is 1.05. The molecule has 0 aliphatic carbocycles. The number of Topliss-reactive ketones (excluding diaryl/α,β-unsaturated/α-hetero) is 1. The number of fused-ring (bicyclic) bond motifs is 1. The summed E-state index contributed by atoms with van der Waals surface area (Å²) in [6, 6.07) is 9.17. The number of halogens is 2. The second-order valence-electron chi connectivity index (χ2n) is 4.79.